The molecule has 2 heterocycles. The first-order valence-electron chi connectivity index (χ1n) is 5.49. The fourth-order valence-electron chi connectivity index (χ4n) is 1.72. The van der Waals surface area contributed by atoms with E-state index >= 15 is 0 Å². The van der Waals surface area contributed by atoms with Crippen LogP contribution in [-0.4, -0.2) is 28.5 Å². The van der Waals surface area contributed by atoms with Crippen molar-refractivity contribution >= 4 is 5.96 Å². The second kappa shape index (κ2) is 4.47. The van der Waals surface area contributed by atoms with E-state index in [4.69, 9.17) is 0 Å². The Bertz CT molecular complexity index is 393. The molecule has 86 valence electrons. The van der Waals surface area contributed by atoms with E-state index in [9.17, 15) is 0 Å². The fourth-order valence-corrected chi connectivity index (χ4v) is 1.72. The summed E-state index contributed by atoms with van der Waals surface area (Å²) in [5.41, 5.74) is 1.99. The molecule has 0 spiro atoms. The van der Waals surface area contributed by atoms with E-state index in [0.29, 0.717) is 12.6 Å². The van der Waals surface area contributed by atoms with Gasteiger partial charge in [0.1, 0.15) is 5.82 Å². The van der Waals surface area contributed by atoms with E-state index in [1.807, 2.05) is 19.9 Å². The van der Waals surface area contributed by atoms with Gasteiger partial charge < -0.3 is 10.6 Å². The number of aromatic nitrogens is 2. The van der Waals surface area contributed by atoms with Crippen LogP contribution in [0.2, 0.25) is 0 Å². The van der Waals surface area contributed by atoms with Crippen LogP contribution in [0.15, 0.2) is 11.1 Å². The van der Waals surface area contributed by atoms with Crippen molar-refractivity contribution in [2.45, 2.75) is 33.4 Å². The van der Waals surface area contributed by atoms with Gasteiger partial charge in [-0.25, -0.2) is 9.97 Å². The zero-order valence-electron chi connectivity index (χ0n) is 9.91. The van der Waals surface area contributed by atoms with Gasteiger partial charge in [-0.3, -0.25) is 4.99 Å². The fraction of sp³-hybridized carbons (Fsp3) is 0.545. The third-order valence-electron chi connectivity index (χ3n) is 2.36. The van der Waals surface area contributed by atoms with E-state index in [1.165, 1.54) is 0 Å². The van der Waals surface area contributed by atoms with Gasteiger partial charge in [0.25, 0.3) is 0 Å². The summed E-state index contributed by atoms with van der Waals surface area (Å²) in [6.07, 6.45) is 0. The maximum Gasteiger partial charge on any atom is 0.191 e. The minimum absolute atomic E-state index is 0.427. The highest BCUT2D eigenvalue weighted by atomic mass is 15.2. The molecule has 2 N–H and O–H groups in total. The van der Waals surface area contributed by atoms with Gasteiger partial charge in [0.2, 0.25) is 0 Å². The summed E-state index contributed by atoms with van der Waals surface area (Å²) in [5, 5.41) is 6.48. The highest BCUT2D eigenvalue weighted by molar-refractivity contribution is 5.81. The Morgan fingerprint density at radius 2 is 2.25 bits per heavy atom. The monoisotopic (exact) mass is 219 g/mol. The first-order valence-corrected chi connectivity index (χ1v) is 5.49. The van der Waals surface area contributed by atoms with Gasteiger partial charge in [0.15, 0.2) is 5.96 Å². The number of hydrogen-bond acceptors (Lipinski definition) is 5. The topological polar surface area (TPSA) is 62.2 Å². The highest BCUT2D eigenvalue weighted by Gasteiger charge is 2.11. The third kappa shape index (κ3) is 2.68. The molecular formula is C11H17N5. The Balaban J connectivity index is 1.94. The Morgan fingerprint density at radius 1 is 1.44 bits per heavy atom. The number of hydrogen-bond donors (Lipinski definition) is 2. The Kier molecular flexibility index (Phi) is 3.03. The van der Waals surface area contributed by atoms with Gasteiger partial charge in [-0.1, -0.05) is 0 Å². The number of aliphatic imine (C=N–C) groups is 1. The number of rotatable bonds is 2. The van der Waals surface area contributed by atoms with Crippen LogP contribution in [0.1, 0.15) is 24.1 Å². The lowest BCUT2D eigenvalue weighted by molar-refractivity contribution is 0.711. The first-order chi connectivity index (χ1) is 7.63. The molecule has 1 atom stereocenters. The summed E-state index contributed by atoms with van der Waals surface area (Å²) in [6, 6.07) is 2.41. The van der Waals surface area contributed by atoms with Crippen LogP contribution in [-0.2, 0) is 6.54 Å². The van der Waals surface area contributed by atoms with Gasteiger partial charge in [-0.2, -0.15) is 0 Å². The molecule has 5 heteroatoms. The summed E-state index contributed by atoms with van der Waals surface area (Å²) in [5.74, 6) is 1.67. The van der Waals surface area contributed by atoms with E-state index in [0.717, 1.165) is 29.7 Å². The van der Waals surface area contributed by atoms with Crippen molar-refractivity contribution in [2.75, 3.05) is 6.54 Å². The summed E-state index contributed by atoms with van der Waals surface area (Å²) in [6.45, 7) is 7.51. The predicted molar refractivity (Wildman–Crippen MR) is 63.2 cm³/mol. The number of nitrogens with zero attached hydrogens (tertiary/aromatic N) is 3. The van der Waals surface area contributed by atoms with Crippen LogP contribution in [0.3, 0.4) is 0 Å². The van der Waals surface area contributed by atoms with Crippen LogP contribution < -0.4 is 10.6 Å². The van der Waals surface area contributed by atoms with Gasteiger partial charge in [-0.15, -0.1) is 0 Å². The number of aryl methyl sites for hydroxylation is 2. The van der Waals surface area contributed by atoms with Gasteiger partial charge >= 0.3 is 0 Å². The summed E-state index contributed by atoms with van der Waals surface area (Å²) < 4.78 is 0. The lowest BCUT2D eigenvalue weighted by Gasteiger charge is -2.09. The SMILES string of the molecule is Cc1cc(CNC2=NCC(C)N2)nc(C)n1. The van der Waals surface area contributed by atoms with E-state index in [1.54, 1.807) is 0 Å². The molecule has 1 aromatic heterocycles. The molecule has 5 nitrogen and oxygen atoms in total. The van der Waals surface area contributed by atoms with E-state index in [-0.39, 0.29) is 0 Å². The molecule has 0 aliphatic carbocycles. The maximum atomic E-state index is 4.36. The molecule has 1 aliphatic rings. The van der Waals surface area contributed by atoms with Crippen molar-refractivity contribution in [3.05, 3.63) is 23.3 Å². The van der Waals surface area contributed by atoms with Crippen LogP contribution in [0.4, 0.5) is 0 Å². The maximum absolute atomic E-state index is 4.36. The standard InChI is InChI=1S/C11H17N5/c1-7-4-10(16-9(3)14-7)6-13-11-12-5-8(2)15-11/h4,8H,5-6H2,1-3H3,(H2,12,13,15). The molecule has 0 bridgehead atoms. The smallest absolute Gasteiger partial charge is 0.191 e. The quantitative estimate of drug-likeness (QED) is 0.761. The average Bonchev–Trinajstić information content (AvgIpc) is 2.60. The van der Waals surface area contributed by atoms with Crippen molar-refractivity contribution in [2.24, 2.45) is 4.99 Å². The molecule has 0 saturated carbocycles. The lowest BCUT2D eigenvalue weighted by Crippen LogP contribution is -2.37. The van der Waals surface area contributed by atoms with Crippen LogP contribution >= 0.6 is 0 Å². The summed E-state index contributed by atoms with van der Waals surface area (Å²) >= 11 is 0. The molecule has 0 amide bonds. The van der Waals surface area contributed by atoms with Gasteiger partial charge in [0.05, 0.1) is 18.8 Å². The minimum atomic E-state index is 0.427. The number of nitrogens with one attached hydrogen (secondary N) is 2. The van der Waals surface area contributed by atoms with Gasteiger partial charge in [0, 0.05) is 11.7 Å². The second-order valence-corrected chi connectivity index (χ2v) is 4.14. The molecule has 0 radical (unpaired) electrons. The van der Waals surface area contributed by atoms with Crippen LogP contribution in [0.25, 0.3) is 0 Å². The van der Waals surface area contributed by atoms with Gasteiger partial charge in [-0.05, 0) is 26.8 Å². The average molecular weight is 219 g/mol. The number of guanidine groups is 1. The zero-order valence-corrected chi connectivity index (χ0v) is 9.91. The molecule has 0 aromatic carbocycles. The van der Waals surface area contributed by atoms with Crippen molar-refractivity contribution in [3.8, 4) is 0 Å². The first kappa shape index (κ1) is 10.9. The van der Waals surface area contributed by atoms with Crippen molar-refractivity contribution in [1.29, 1.82) is 0 Å². The molecule has 1 aromatic rings. The molecule has 2 rings (SSSR count). The van der Waals surface area contributed by atoms with Crippen LogP contribution in [0, 0.1) is 13.8 Å². The second-order valence-electron chi connectivity index (χ2n) is 4.14. The van der Waals surface area contributed by atoms with E-state index in [2.05, 4.69) is 32.5 Å². The predicted octanol–water partition coefficient (Wildman–Crippen LogP) is 0.531. The Hall–Kier alpha value is -1.65. The lowest BCUT2D eigenvalue weighted by atomic mass is 10.3. The molecule has 16 heavy (non-hydrogen) atoms. The van der Waals surface area contributed by atoms with Crippen molar-refractivity contribution < 1.29 is 0 Å². The highest BCUT2D eigenvalue weighted by Crippen LogP contribution is 2.00. The van der Waals surface area contributed by atoms with Crippen LogP contribution in [0.5, 0.6) is 0 Å². The zero-order chi connectivity index (χ0) is 11.5. The summed E-state index contributed by atoms with van der Waals surface area (Å²) in [4.78, 5) is 12.9. The summed E-state index contributed by atoms with van der Waals surface area (Å²) in [7, 11) is 0. The van der Waals surface area contributed by atoms with Crippen molar-refractivity contribution in [3.63, 3.8) is 0 Å². The minimum Gasteiger partial charge on any atom is -0.352 e. The largest absolute Gasteiger partial charge is 0.352 e. The molecule has 1 aliphatic heterocycles. The third-order valence-corrected chi connectivity index (χ3v) is 2.36. The van der Waals surface area contributed by atoms with Crippen molar-refractivity contribution in [1.82, 2.24) is 20.6 Å². The molecule has 1 unspecified atom stereocenters. The Morgan fingerprint density at radius 3 is 2.88 bits per heavy atom. The molecular weight excluding hydrogens is 202 g/mol. The Labute approximate surface area is 95.4 Å². The molecule has 0 saturated heterocycles. The van der Waals surface area contributed by atoms with E-state index < -0.39 is 0 Å². The normalized spacial score (nSPS) is 19.2. The molecule has 0 fully saturated rings.